The molecule has 3 aromatic rings. The van der Waals surface area contributed by atoms with Gasteiger partial charge in [-0.05, 0) is 83.3 Å². The van der Waals surface area contributed by atoms with Crippen molar-refractivity contribution in [2.45, 2.75) is 0 Å². The van der Waals surface area contributed by atoms with Crippen LogP contribution < -0.4 is 16.0 Å². The summed E-state index contributed by atoms with van der Waals surface area (Å²) in [6.45, 7) is 0. The van der Waals surface area contributed by atoms with Gasteiger partial charge in [0.05, 0.1) is 11.8 Å². The molecule has 0 saturated heterocycles. The molecule has 0 aliphatic heterocycles. The predicted molar refractivity (Wildman–Crippen MR) is 116 cm³/mol. The second-order valence-electron chi connectivity index (χ2n) is 5.40. The molecule has 6 nitrogen and oxygen atoms in total. The lowest BCUT2D eigenvalue weighted by Crippen LogP contribution is -2.34. The summed E-state index contributed by atoms with van der Waals surface area (Å²) in [5.41, 5.74) is 1.84. The molecule has 0 atom stereocenters. The molecule has 3 N–H and O–H groups in total. The van der Waals surface area contributed by atoms with Crippen molar-refractivity contribution in [1.29, 1.82) is 0 Å². The Morgan fingerprint density at radius 3 is 2.15 bits per heavy atom. The van der Waals surface area contributed by atoms with Crippen LogP contribution in [0, 0.1) is 3.57 Å². The van der Waals surface area contributed by atoms with E-state index in [1.807, 2.05) is 12.1 Å². The maximum atomic E-state index is 12.3. The van der Waals surface area contributed by atoms with Gasteiger partial charge in [0, 0.05) is 14.9 Å². The number of halogens is 1. The Hall–Kier alpha value is -2.72. The third kappa shape index (κ3) is 5.14. The van der Waals surface area contributed by atoms with E-state index in [1.54, 1.807) is 48.5 Å². The summed E-state index contributed by atoms with van der Waals surface area (Å²) in [6.07, 6.45) is 1.44. The Morgan fingerprint density at radius 2 is 1.52 bits per heavy atom. The van der Waals surface area contributed by atoms with Crippen LogP contribution in [-0.2, 0) is 0 Å². The second kappa shape index (κ2) is 8.78. The lowest BCUT2D eigenvalue weighted by molar-refractivity contribution is 0.0974. The third-order valence-corrected chi connectivity index (χ3v) is 4.64. The standard InChI is InChI=1S/C19H14IN3O3S/c20-15-5-2-1-4-14(15)17(24)23-19(27)22-13-9-7-12(8-10-13)21-18(25)16-6-3-11-26-16/h1-11H,(H,21,25)(H2,22,23,24,27). The van der Waals surface area contributed by atoms with Crippen LogP contribution in [-0.4, -0.2) is 16.9 Å². The second-order valence-corrected chi connectivity index (χ2v) is 6.97. The molecule has 27 heavy (non-hydrogen) atoms. The normalized spacial score (nSPS) is 10.1. The van der Waals surface area contributed by atoms with E-state index in [9.17, 15) is 9.59 Å². The third-order valence-electron chi connectivity index (χ3n) is 3.49. The van der Waals surface area contributed by atoms with Crippen molar-refractivity contribution in [1.82, 2.24) is 5.32 Å². The van der Waals surface area contributed by atoms with Gasteiger partial charge >= 0.3 is 0 Å². The molecule has 8 heteroatoms. The van der Waals surface area contributed by atoms with Gasteiger partial charge in [-0.1, -0.05) is 12.1 Å². The van der Waals surface area contributed by atoms with Crippen LogP contribution in [0.15, 0.2) is 71.3 Å². The first-order valence-corrected chi connectivity index (χ1v) is 9.33. The number of rotatable bonds is 4. The average molecular weight is 491 g/mol. The fraction of sp³-hybridized carbons (Fsp3) is 0. The smallest absolute Gasteiger partial charge is 0.291 e. The van der Waals surface area contributed by atoms with E-state index in [0.29, 0.717) is 16.9 Å². The minimum absolute atomic E-state index is 0.187. The molecule has 136 valence electrons. The Labute approximate surface area is 174 Å². The Balaban J connectivity index is 1.56. The maximum absolute atomic E-state index is 12.3. The number of carbonyl (C=O) groups is 2. The lowest BCUT2D eigenvalue weighted by atomic mass is 10.2. The number of benzene rings is 2. The minimum Gasteiger partial charge on any atom is -0.459 e. The van der Waals surface area contributed by atoms with Crippen molar-refractivity contribution in [2.24, 2.45) is 0 Å². The highest BCUT2D eigenvalue weighted by Gasteiger charge is 2.11. The number of amides is 2. The zero-order valence-corrected chi connectivity index (χ0v) is 16.8. The molecule has 1 heterocycles. The molecular formula is C19H14IN3O3S. The molecule has 0 radical (unpaired) electrons. The van der Waals surface area contributed by atoms with Crippen LogP contribution in [0.1, 0.15) is 20.9 Å². The van der Waals surface area contributed by atoms with Gasteiger partial charge in [0.1, 0.15) is 0 Å². The van der Waals surface area contributed by atoms with E-state index in [1.165, 1.54) is 6.26 Å². The summed E-state index contributed by atoms with van der Waals surface area (Å²) in [7, 11) is 0. The molecule has 0 saturated carbocycles. The van der Waals surface area contributed by atoms with E-state index in [0.717, 1.165) is 3.57 Å². The van der Waals surface area contributed by atoms with Crippen LogP contribution >= 0.6 is 34.8 Å². The predicted octanol–water partition coefficient (Wildman–Crippen LogP) is 4.26. The molecule has 0 unspecified atom stereocenters. The lowest BCUT2D eigenvalue weighted by Gasteiger charge is -2.11. The highest BCUT2D eigenvalue weighted by atomic mass is 127. The quantitative estimate of drug-likeness (QED) is 0.375. The minimum atomic E-state index is -0.332. The van der Waals surface area contributed by atoms with Crippen LogP contribution in [0.5, 0.6) is 0 Å². The van der Waals surface area contributed by atoms with E-state index >= 15 is 0 Å². The zero-order valence-electron chi connectivity index (χ0n) is 13.9. The molecule has 0 aliphatic rings. The molecule has 0 spiro atoms. The van der Waals surface area contributed by atoms with Crippen LogP contribution in [0.3, 0.4) is 0 Å². The maximum Gasteiger partial charge on any atom is 0.291 e. The number of thiocarbonyl (C=S) groups is 1. The van der Waals surface area contributed by atoms with Gasteiger partial charge in [0.25, 0.3) is 11.8 Å². The van der Waals surface area contributed by atoms with Gasteiger partial charge in [-0.25, -0.2) is 0 Å². The molecule has 1 aromatic heterocycles. The largest absolute Gasteiger partial charge is 0.459 e. The first kappa shape index (κ1) is 19.1. The molecule has 0 aliphatic carbocycles. The van der Waals surface area contributed by atoms with E-state index < -0.39 is 0 Å². The molecule has 0 fully saturated rings. The highest BCUT2D eigenvalue weighted by Crippen LogP contribution is 2.15. The molecule has 3 rings (SSSR count). The van der Waals surface area contributed by atoms with Gasteiger partial charge in [-0.3, -0.25) is 14.9 Å². The van der Waals surface area contributed by atoms with Crippen molar-refractivity contribution in [3.8, 4) is 0 Å². The van der Waals surface area contributed by atoms with E-state index in [2.05, 4.69) is 38.5 Å². The summed E-state index contributed by atoms with van der Waals surface area (Å²) in [4.78, 5) is 24.2. The molecule has 0 bridgehead atoms. The average Bonchev–Trinajstić information content (AvgIpc) is 3.18. The van der Waals surface area contributed by atoms with Crippen molar-refractivity contribution < 1.29 is 14.0 Å². The molecule has 2 aromatic carbocycles. The SMILES string of the molecule is O=C(Nc1ccc(NC(=S)NC(=O)c2ccccc2I)cc1)c1ccco1. The van der Waals surface area contributed by atoms with Gasteiger partial charge < -0.3 is 15.1 Å². The van der Waals surface area contributed by atoms with Crippen molar-refractivity contribution in [2.75, 3.05) is 10.6 Å². The van der Waals surface area contributed by atoms with Crippen LogP contribution in [0.2, 0.25) is 0 Å². The van der Waals surface area contributed by atoms with Crippen molar-refractivity contribution >= 4 is 63.1 Å². The Morgan fingerprint density at radius 1 is 0.852 bits per heavy atom. The number of anilines is 2. The number of hydrogen-bond acceptors (Lipinski definition) is 4. The number of hydrogen-bond donors (Lipinski definition) is 3. The van der Waals surface area contributed by atoms with Crippen molar-refractivity contribution in [3.63, 3.8) is 0 Å². The zero-order chi connectivity index (χ0) is 19.2. The first-order chi connectivity index (χ1) is 13.0. The monoisotopic (exact) mass is 491 g/mol. The van der Waals surface area contributed by atoms with E-state index in [4.69, 9.17) is 16.6 Å². The van der Waals surface area contributed by atoms with Gasteiger partial charge in [-0.15, -0.1) is 0 Å². The topological polar surface area (TPSA) is 83.4 Å². The fourth-order valence-electron chi connectivity index (χ4n) is 2.22. The van der Waals surface area contributed by atoms with E-state index in [-0.39, 0.29) is 22.7 Å². The summed E-state index contributed by atoms with van der Waals surface area (Å²) < 4.78 is 5.88. The number of furan rings is 1. The number of nitrogens with one attached hydrogen (secondary N) is 3. The van der Waals surface area contributed by atoms with Gasteiger partial charge in [-0.2, -0.15) is 0 Å². The summed E-state index contributed by atoms with van der Waals surface area (Å²) in [5.74, 6) is -0.377. The number of carbonyl (C=O) groups excluding carboxylic acids is 2. The Kier molecular flexibility index (Phi) is 6.20. The fourth-order valence-corrected chi connectivity index (χ4v) is 3.06. The summed E-state index contributed by atoms with van der Waals surface area (Å²) >= 11 is 7.28. The van der Waals surface area contributed by atoms with Crippen LogP contribution in [0.25, 0.3) is 0 Å². The highest BCUT2D eigenvalue weighted by molar-refractivity contribution is 14.1. The van der Waals surface area contributed by atoms with Gasteiger partial charge in [0.2, 0.25) is 0 Å². The van der Waals surface area contributed by atoms with Crippen molar-refractivity contribution in [3.05, 3.63) is 81.8 Å². The molecular weight excluding hydrogens is 477 g/mol. The summed E-state index contributed by atoms with van der Waals surface area (Å²) in [6, 6.07) is 17.4. The summed E-state index contributed by atoms with van der Waals surface area (Å²) in [5, 5.41) is 8.49. The van der Waals surface area contributed by atoms with Gasteiger partial charge in [0.15, 0.2) is 10.9 Å². The van der Waals surface area contributed by atoms with Crippen LogP contribution in [0.4, 0.5) is 11.4 Å². The first-order valence-electron chi connectivity index (χ1n) is 7.85. The molecule has 2 amide bonds. The Bertz CT molecular complexity index is 972.